The smallest absolute Gasteiger partial charge is 0.262 e. The van der Waals surface area contributed by atoms with Gasteiger partial charge in [-0.15, -0.1) is 0 Å². The van der Waals surface area contributed by atoms with Crippen molar-refractivity contribution in [2.45, 2.75) is 19.5 Å². The Balaban J connectivity index is 1.48. The fraction of sp³-hybridized carbons (Fsp3) is 0.182. The molecule has 5 heteroatoms. The molecule has 2 aliphatic rings. The van der Waals surface area contributed by atoms with Crippen LogP contribution in [0.15, 0.2) is 65.3 Å². The molecule has 2 aliphatic heterocycles. The molecule has 3 aromatic rings. The van der Waals surface area contributed by atoms with Crippen molar-refractivity contribution in [3.8, 4) is 0 Å². The lowest BCUT2D eigenvalue weighted by atomic mass is 10.1. The van der Waals surface area contributed by atoms with Crippen LogP contribution in [0.1, 0.15) is 27.0 Å². The molecule has 3 heterocycles. The molecule has 0 saturated carbocycles. The molecule has 0 radical (unpaired) electrons. The minimum Gasteiger partial charge on any atom is -0.347 e. The summed E-state index contributed by atoms with van der Waals surface area (Å²) in [6, 6.07) is 18.2. The number of pyridine rings is 1. The quantitative estimate of drug-likeness (QED) is 0.610. The third-order valence-electron chi connectivity index (χ3n) is 5.34. The average Bonchev–Trinajstić information content (AvgIpc) is 3.31. The lowest BCUT2D eigenvalue weighted by molar-refractivity contribution is 0.0989. The van der Waals surface area contributed by atoms with E-state index >= 15 is 0 Å². The lowest BCUT2D eigenvalue weighted by Crippen LogP contribution is -2.31. The van der Waals surface area contributed by atoms with Crippen molar-refractivity contribution in [3.63, 3.8) is 0 Å². The number of carbonyl (C=O) groups is 1. The number of aromatic nitrogens is 1. The Morgan fingerprint density at radius 3 is 2.74 bits per heavy atom. The van der Waals surface area contributed by atoms with Gasteiger partial charge in [-0.25, -0.2) is 4.98 Å². The Morgan fingerprint density at radius 1 is 0.963 bits per heavy atom. The van der Waals surface area contributed by atoms with E-state index in [0.29, 0.717) is 5.56 Å². The van der Waals surface area contributed by atoms with Crippen LogP contribution in [0, 0.1) is 0 Å². The molecular formula is C22H18BrN3O. The highest BCUT2D eigenvalue weighted by molar-refractivity contribution is 9.10. The summed E-state index contributed by atoms with van der Waals surface area (Å²) in [7, 11) is 0. The van der Waals surface area contributed by atoms with Gasteiger partial charge in [0.15, 0.2) is 0 Å². The van der Waals surface area contributed by atoms with E-state index in [9.17, 15) is 4.79 Å². The number of rotatable bonds is 2. The third kappa shape index (κ3) is 2.82. The highest BCUT2D eigenvalue weighted by Crippen LogP contribution is 2.34. The predicted molar refractivity (Wildman–Crippen MR) is 110 cm³/mol. The summed E-state index contributed by atoms with van der Waals surface area (Å²) in [5, 5.41) is 0. The molecule has 0 saturated heterocycles. The van der Waals surface area contributed by atoms with E-state index in [0.717, 1.165) is 42.0 Å². The fourth-order valence-electron chi connectivity index (χ4n) is 4.02. The van der Waals surface area contributed by atoms with Gasteiger partial charge >= 0.3 is 0 Å². The van der Waals surface area contributed by atoms with Gasteiger partial charge in [0, 0.05) is 36.0 Å². The molecule has 0 atom stereocenters. The fourth-order valence-corrected chi connectivity index (χ4v) is 4.43. The zero-order valence-electron chi connectivity index (χ0n) is 14.7. The number of amides is 1. The van der Waals surface area contributed by atoms with Crippen molar-refractivity contribution in [3.05, 3.63) is 87.5 Å². The van der Waals surface area contributed by atoms with Gasteiger partial charge in [0.2, 0.25) is 0 Å². The summed E-state index contributed by atoms with van der Waals surface area (Å²) in [5.74, 6) is 0.791. The molecule has 0 spiro atoms. The van der Waals surface area contributed by atoms with Crippen molar-refractivity contribution in [2.75, 3.05) is 16.3 Å². The van der Waals surface area contributed by atoms with Gasteiger partial charge in [0.1, 0.15) is 5.82 Å². The Hall–Kier alpha value is -2.66. The van der Waals surface area contributed by atoms with Crippen LogP contribution in [0.4, 0.5) is 11.5 Å². The zero-order valence-corrected chi connectivity index (χ0v) is 16.3. The van der Waals surface area contributed by atoms with Crippen molar-refractivity contribution in [1.82, 2.24) is 4.98 Å². The number of benzene rings is 2. The zero-order chi connectivity index (χ0) is 18.4. The van der Waals surface area contributed by atoms with E-state index in [1.54, 1.807) is 6.20 Å². The number of anilines is 2. The molecule has 5 rings (SSSR count). The monoisotopic (exact) mass is 419 g/mol. The molecule has 0 N–H and O–H groups in total. The molecule has 0 fully saturated rings. The van der Waals surface area contributed by atoms with Gasteiger partial charge in [-0.05, 0) is 53.4 Å². The summed E-state index contributed by atoms with van der Waals surface area (Å²) < 4.78 is 1.08. The second kappa shape index (κ2) is 6.50. The van der Waals surface area contributed by atoms with Crippen LogP contribution in [-0.4, -0.2) is 17.4 Å². The Morgan fingerprint density at radius 2 is 1.81 bits per heavy atom. The lowest BCUT2D eigenvalue weighted by Gasteiger charge is -2.23. The van der Waals surface area contributed by atoms with Crippen molar-refractivity contribution < 1.29 is 4.79 Å². The first-order chi connectivity index (χ1) is 13.2. The van der Waals surface area contributed by atoms with Gasteiger partial charge in [-0.1, -0.05) is 40.2 Å². The van der Waals surface area contributed by atoms with Crippen molar-refractivity contribution in [1.29, 1.82) is 0 Å². The van der Waals surface area contributed by atoms with E-state index in [1.807, 2.05) is 35.2 Å². The molecule has 0 unspecified atom stereocenters. The number of halogens is 1. The van der Waals surface area contributed by atoms with E-state index < -0.39 is 0 Å². The summed E-state index contributed by atoms with van der Waals surface area (Å²) in [4.78, 5) is 22.0. The van der Waals surface area contributed by atoms with Crippen molar-refractivity contribution >= 4 is 33.3 Å². The molecule has 2 aromatic carbocycles. The van der Waals surface area contributed by atoms with Gasteiger partial charge in [0.05, 0.1) is 5.56 Å². The van der Waals surface area contributed by atoms with Gasteiger partial charge < -0.3 is 9.80 Å². The number of carbonyl (C=O) groups excluding carboxylic acids is 1. The van der Waals surface area contributed by atoms with Crippen LogP contribution in [-0.2, 0) is 19.5 Å². The summed E-state index contributed by atoms with van der Waals surface area (Å²) in [6.07, 6.45) is 2.67. The predicted octanol–water partition coefficient (Wildman–Crippen LogP) is 4.57. The Kier molecular flexibility index (Phi) is 3.97. The molecule has 1 aromatic heterocycles. The number of fused-ring (bicyclic) bond motifs is 2. The second-order valence-electron chi connectivity index (χ2n) is 6.98. The topological polar surface area (TPSA) is 36.4 Å². The van der Waals surface area contributed by atoms with Crippen LogP contribution in [0.3, 0.4) is 0 Å². The molecule has 1 amide bonds. The summed E-state index contributed by atoms with van der Waals surface area (Å²) >= 11 is 3.54. The minimum absolute atomic E-state index is 0.0280. The first-order valence-electron chi connectivity index (χ1n) is 9.08. The maximum absolute atomic E-state index is 13.4. The van der Waals surface area contributed by atoms with E-state index in [4.69, 9.17) is 0 Å². The first-order valence-corrected chi connectivity index (χ1v) is 9.87. The normalized spacial score (nSPS) is 15.0. The Labute approximate surface area is 166 Å². The van der Waals surface area contributed by atoms with E-state index in [2.05, 4.69) is 50.1 Å². The molecule has 0 aliphatic carbocycles. The molecule has 27 heavy (non-hydrogen) atoms. The van der Waals surface area contributed by atoms with Crippen LogP contribution in [0.25, 0.3) is 0 Å². The van der Waals surface area contributed by atoms with Crippen LogP contribution < -0.4 is 9.80 Å². The molecule has 4 nitrogen and oxygen atoms in total. The second-order valence-corrected chi connectivity index (χ2v) is 7.89. The van der Waals surface area contributed by atoms with E-state index in [1.165, 1.54) is 16.7 Å². The van der Waals surface area contributed by atoms with Gasteiger partial charge in [0.25, 0.3) is 5.91 Å². The van der Waals surface area contributed by atoms with Gasteiger partial charge in [-0.2, -0.15) is 0 Å². The highest BCUT2D eigenvalue weighted by atomic mass is 79.9. The third-order valence-corrected chi connectivity index (χ3v) is 5.83. The van der Waals surface area contributed by atoms with Gasteiger partial charge in [-0.3, -0.25) is 4.79 Å². The number of para-hydroxylation sites is 1. The summed E-state index contributed by atoms with van der Waals surface area (Å²) in [5.41, 5.74) is 5.48. The summed E-state index contributed by atoms with van der Waals surface area (Å²) in [6.45, 7) is 2.26. The molecule has 134 valence electrons. The van der Waals surface area contributed by atoms with Crippen LogP contribution in [0.2, 0.25) is 0 Å². The maximum Gasteiger partial charge on any atom is 0.262 e. The minimum atomic E-state index is 0.0280. The number of hydrogen-bond acceptors (Lipinski definition) is 3. The molecule has 0 bridgehead atoms. The number of hydrogen-bond donors (Lipinski definition) is 0. The van der Waals surface area contributed by atoms with Crippen LogP contribution in [0.5, 0.6) is 0 Å². The van der Waals surface area contributed by atoms with Crippen LogP contribution >= 0.6 is 15.9 Å². The van der Waals surface area contributed by atoms with E-state index in [-0.39, 0.29) is 5.91 Å². The maximum atomic E-state index is 13.4. The standard InChI is InChI=1S/C22H18BrN3O/c23-18-8-7-16-13-25(14-17(16)12-18)21-19(5-3-10-24-21)22(27)26-11-9-15-4-1-2-6-20(15)26/h1-8,10,12H,9,11,13-14H2. The average molecular weight is 420 g/mol. The number of nitrogens with zero attached hydrogens (tertiary/aromatic N) is 3. The SMILES string of the molecule is O=C(c1cccnc1N1Cc2ccc(Br)cc2C1)N1CCc2ccccc21. The Bertz CT molecular complexity index is 1050. The highest BCUT2D eigenvalue weighted by Gasteiger charge is 2.30. The van der Waals surface area contributed by atoms with Crippen molar-refractivity contribution in [2.24, 2.45) is 0 Å². The largest absolute Gasteiger partial charge is 0.347 e. The molecular weight excluding hydrogens is 402 g/mol. The first kappa shape index (κ1) is 16.5.